The van der Waals surface area contributed by atoms with E-state index in [1.165, 1.54) is 0 Å². The number of nitrogens with one attached hydrogen (secondary N) is 1. The highest BCUT2D eigenvalue weighted by Gasteiger charge is 2.09. The molecule has 0 aromatic heterocycles. The van der Waals surface area contributed by atoms with E-state index in [1.54, 1.807) is 14.2 Å². The minimum absolute atomic E-state index is 0.146. The predicted molar refractivity (Wildman–Crippen MR) is 94.7 cm³/mol. The molecule has 1 N–H and O–H groups in total. The summed E-state index contributed by atoms with van der Waals surface area (Å²) in [5.74, 6) is 1.14. The van der Waals surface area contributed by atoms with Gasteiger partial charge in [-0.15, -0.1) is 0 Å². The van der Waals surface area contributed by atoms with Gasteiger partial charge in [0.1, 0.15) is 0 Å². The summed E-state index contributed by atoms with van der Waals surface area (Å²) in [5.41, 5.74) is 5.24. The SMILES string of the molecule is CC/C(=N\NC(=O)Cc1ccccc1)c1ccc(OC)c(OC)c1. The van der Waals surface area contributed by atoms with Gasteiger partial charge in [0.15, 0.2) is 11.5 Å². The molecule has 5 heteroatoms. The van der Waals surface area contributed by atoms with Crippen molar-refractivity contribution in [2.24, 2.45) is 5.10 Å². The molecule has 0 radical (unpaired) electrons. The number of benzene rings is 2. The predicted octanol–water partition coefficient (Wildman–Crippen LogP) is 3.18. The van der Waals surface area contributed by atoms with Gasteiger partial charge in [-0.2, -0.15) is 5.10 Å². The molecule has 0 fully saturated rings. The van der Waals surface area contributed by atoms with E-state index in [2.05, 4.69) is 10.5 Å². The number of carbonyl (C=O) groups is 1. The number of nitrogens with zero attached hydrogens (tertiary/aromatic N) is 1. The van der Waals surface area contributed by atoms with E-state index >= 15 is 0 Å². The van der Waals surface area contributed by atoms with Crippen molar-refractivity contribution < 1.29 is 14.3 Å². The minimum Gasteiger partial charge on any atom is -0.493 e. The van der Waals surface area contributed by atoms with Gasteiger partial charge in [-0.1, -0.05) is 37.3 Å². The van der Waals surface area contributed by atoms with Crippen LogP contribution in [0.1, 0.15) is 24.5 Å². The summed E-state index contributed by atoms with van der Waals surface area (Å²) in [6, 6.07) is 15.1. The number of rotatable bonds is 7. The molecule has 1 amide bonds. The Balaban J connectivity index is 2.10. The normalized spacial score (nSPS) is 11.0. The molecular weight excluding hydrogens is 304 g/mol. The number of amides is 1. The van der Waals surface area contributed by atoms with E-state index in [0.29, 0.717) is 24.3 Å². The Bertz CT molecular complexity index is 712. The Hall–Kier alpha value is -2.82. The van der Waals surface area contributed by atoms with Crippen LogP contribution in [-0.2, 0) is 11.2 Å². The Kier molecular flexibility index (Phi) is 6.37. The molecule has 0 aliphatic carbocycles. The largest absolute Gasteiger partial charge is 0.493 e. The van der Waals surface area contributed by atoms with Gasteiger partial charge in [-0.25, -0.2) is 5.43 Å². The lowest BCUT2D eigenvalue weighted by molar-refractivity contribution is -0.120. The molecule has 0 aliphatic rings. The highest BCUT2D eigenvalue weighted by Crippen LogP contribution is 2.28. The third-order valence-corrected chi connectivity index (χ3v) is 3.57. The van der Waals surface area contributed by atoms with Gasteiger partial charge < -0.3 is 9.47 Å². The van der Waals surface area contributed by atoms with Crippen molar-refractivity contribution in [3.8, 4) is 11.5 Å². The molecule has 126 valence electrons. The third kappa shape index (κ3) is 4.59. The summed E-state index contributed by atoms with van der Waals surface area (Å²) in [7, 11) is 3.18. The Morgan fingerprint density at radius 2 is 1.75 bits per heavy atom. The van der Waals surface area contributed by atoms with Crippen LogP contribution in [0.2, 0.25) is 0 Å². The number of hydrogen-bond acceptors (Lipinski definition) is 4. The first-order chi connectivity index (χ1) is 11.7. The van der Waals surface area contributed by atoms with E-state index in [9.17, 15) is 4.79 Å². The molecule has 0 saturated heterocycles. The number of carbonyl (C=O) groups excluding carboxylic acids is 1. The van der Waals surface area contributed by atoms with Crippen molar-refractivity contribution in [3.63, 3.8) is 0 Å². The van der Waals surface area contributed by atoms with Gasteiger partial charge in [0.05, 0.1) is 26.4 Å². The molecule has 2 aromatic rings. The fraction of sp³-hybridized carbons (Fsp3) is 0.263. The number of methoxy groups -OCH3 is 2. The van der Waals surface area contributed by atoms with Gasteiger partial charge in [0, 0.05) is 5.56 Å². The zero-order chi connectivity index (χ0) is 17.4. The van der Waals surface area contributed by atoms with Gasteiger partial charge in [-0.05, 0) is 30.2 Å². The average Bonchev–Trinajstić information content (AvgIpc) is 2.62. The average molecular weight is 326 g/mol. The van der Waals surface area contributed by atoms with Gasteiger partial charge in [0.25, 0.3) is 0 Å². The van der Waals surface area contributed by atoms with E-state index in [4.69, 9.17) is 9.47 Å². The maximum absolute atomic E-state index is 12.0. The summed E-state index contributed by atoms with van der Waals surface area (Å²) in [4.78, 5) is 12.0. The van der Waals surface area contributed by atoms with Crippen LogP contribution in [0.25, 0.3) is 0 Å². The van der Waals surface area contributed by atoms with E-state index in [1.807, 2.05) is 55.5 Å². The fourth-order valence-corrected chi connectivity index (χ4v) is 2.31. The summed E-state index contributed by atoms with van der Waals surface area (Å²) in [5, 5.41) is 4.26. The molecule has 0 unspecified atom stereocenters. The summed E-state index contributed by atoms with van der Waals surface area (Å²) in [6.07, 6.45) is 0.981. The van der Waals surface area contributed by atoms with Crippen molar-refractivity contribution >= 4 is 11.6 Å². The lowest BCUT2D eigenvalue weighted by Crippen LogP contribution is -2.21. The third-order valence-electron chi connectivity index (χ3n) is 3.57. The first kappa shape index (κ1) is 17.5. The van der Waals surface area contributed by atoms with Crippen molar-refractivity contribution in [1.29, 1.82) is 0 Å². The van der Waals surface area contributed by atoms with Crippen LogP contribution in [0, 0.1) is 0 Å². The van der Waals surface area contributed by atoms with Crippen LogP contribution < -0.4 is 14.9 Å². The van der Waals surface area contributed by atoms with Crippen LogP contribution in [0.5, 0.6) is 11.5 Å². The highest BCUT2D eigenvalue weighted by molar-refractivity contribution is 6.01. The first-order valence-electron chi connectivity index (χ1n) is 7.79. The number of hydrogen-bond donors (Lipinski definition) is 1. The van der Waals surface area contributed by atoms with E-state index < -0.39 is 0 Å². The second kappa shape index (κ2) is 8.72. The van der Waals surface area contributed by atoms with E-state index in [0.717, 1.165) is 16.8 Å². The quantitative estimate of drug-likeness (QED) is 0.628. The molecule has 2 aromatic carbocycles. The lowest BCUT2D eigenvalue weighted by Gasteiger charge is -2.10. The maximum Gasteiger partial charge on any atom is 0.244 e. The van der Waals surface area contributed by atoms with Crippen molar-refractivity contribution in [3.05, 3.63) is 59.7 Å². The molecule has 2 rings (SSSR count). The maximum atomic E-state index is 12.0. The van der Waals surface area contributed by atoms with Crippen LogP contribution in [0.4, 0.5) is 0 Å². The van der Waals surface area contributed by atoms with Crippen LogP contribution in [0.3, 0.4) is 0 Å². The molecule has 0 bridgehead atoms. The zero-order valence-electron chi connectivity index (χ0n) is 14.2. The standard InChI is InChI=1S/C19H22N2O3/c1-4-16(15-10-11-17(23-2)18(13-15)24-3)20-21-19(22)12-14-8-6-5-7-9-14/h5-11,13H,4,12H2,1-3H3,(H,21,22)/b20-16+. The molecule has 0 spiro atoms. The van der Waals surface area contributed by atoms with Crippen molar-refractivity contribution in [1.82, 2.24) is 5.43 Å². The van der Waals surface area contributed by atoms with Gasteiger partial charge >= 0.3 is 0 Å². The summed E-state index contributed by atoms with van der Waals surface area (Å²) >= 11 is 0. The molecule has 0 heterocycles. The lowest BCUT2D eigenvalue weighted by atomic mass is 10.1. The van der Waals surface area contributed by atoms with Gasteiger partial charge in [-0.3, -0.25) is 4.79 Å². The van der Waals surface area contributed by atoms with Crippen LogP contribution >= 0.6 is 0 Å². The highest BCUT2D eigenvalue weighted by atomic mass is 16.5. The Morgan fingerprint density at radius 1 is 1.04 bits per heavy atom. The van der Waals surface area contributed by atoms with Crippen molar-refractivity contribution in [2.75, 3.05) is 14.2 Å². The second-order valence-electron chi connectivity index (χ2n) is 5.18. The Morgan fingerprint density at radius 3 is 2.38 bits per heavy atom. The van der Waals surface area contributed by atoms with E-state index in [-0.39, 0.29) is 5.91 Å². The molecule has 0 aliphatic heterocycles. The van der Waals surface area contributed by atoms with Gasteiger partial charge in [0.2, 0.25) is 5.91 Å². The summed E-state index contributed by atoms with van der Waals surface area (Å²) in [6.45, 7) is 1.99. The number of ether oxygens (including phenoxy) is 2. The van der Waals surface area contributed by atoms with Crippen molar-refractivity contribution in [2.45, 2.75) is 19.8 Å². The smallest absolute Gasteiger partial charge is 0.244 e. The molecule has 5 nitrogen and oxygen atoms in total. The summed E-state index contributed by atoms with van der Waals surface area (Å²) < 4.78 is 10.5. The van der Waals surface area contributed by atoms with Crippen LogP contribution in [-0.4, -0.2) is 25.8 Å². The monoisotopic (exact) mass is 326 g/mol. The first-order valence-corrected chi connectivity index (χ1v) is 7.79. The molecule has 0 saturated carbocycles. The fourth-order valence-electron chi connectivity index (χ4n) is 2.31. The molecule has 0 atom stereocenters. The zero-order valence-corrected chi connectivity index (χ0v) is 14.2. The van der Waals surface area contributed by atoms with Crippen LogP contribution in [0.15, 0.2) is 53.6 Å². The molecular formula is C19H22N2O3. The second-order valence-corrected chi connectivity index (χ2v) is 5.18. The Labute approximate surface area is 142 Å². The molecule has 24 heavy (non-hydrogen) atoms. The minimum atomic E-state index is -0.146. The topological polar surface area (TPSA) is 59.9 Å². The number of hydrazone groups is 1.